The second-order valence-electron chi connectivity index (χ2n) is 8.68. The van der Waals surface area contributed by atoms with Gasteiger partial charge in [0, 0.05) is 29.4 Å². The van der Waals surface area contributed by atoms with Crippen LogP contribution in [0, 0.1) is 0 Å². The van der Waals surface area contributed by atoms with Gasteiger partial charge in [0.25, 0.3) is 0 Å². The molecule has 0 saturated carbocycles. The number of hydrogen-bond acceptors (Lipinski definition) is 2. The van der Waals surface area contributed by atoms with Gasteiger partial charge in [0.15, 0.2) is 0 Å². The number of rotatable bonds is 0. The average Bonchev–Trinajstić information content (AvgIpc) is 3.52. The van der Waals surface area contributed by atoms with Gasteiger partial charge in [-0.3, -0.25) is 9.38 Å². The lowest BCUT2D eigenvalue weighted by molar-refractivity contribution is 1.23. The predicted octanol–water partition coefficient (Wildman–Crippen LogP) is 6.18. The van der Waals surface area contributed by atoms with E-state index in [0.29, 0.717) is 0 Å². The van der Waals surface area contributed by atoms with E-state index in [1.807, 2.05) is 24.7 Å². The van der Waals surface area contributed by atoms with Crippen LogP contribution in [-0.2, 0) is 12.8 Å². The summed E-state index contributed by atoms with van der Waals surface area (Å²) in [6.07, 6.45) is 7.82. The number of fused-ring (bicyclic) bond motifs is 13. The lowest BCUT2D eigenvalue weighted by Crippen LogP contribution is -1.93. The fraction of sp³-hybridized carbons (Fsp3) is 0.0714. The summed E-state index contributed by atoms with van der Waals surface area (Å²) in [4.78, 5) is 9.45. The zero-order valence-electron chi connectivity index (χ0n) is 16.8. The van der Waals surface area contributed by atoms with Crippen LogP contribution in [0.1, 0.15) is 22.3 Å². The van der Waals surface area contributed by atoms with Crippen molar-refractivity contribution in [1.82, 2.24) is 14.4 Å². The predicted molar refractivity (Wildman–Crippen MR) is 124 cm³/mol. The molecule has 0 spiro atoms. The summed E-state index contributed by atoms with van der Waals surface area (Å²) in [5.41, 5.74) is 14.5. The lowest BCUT2D eigenvalue weighted by atomic mass is 9.95. The first-order valence-corrected chi connectivity index (χ1v) is 10.8. The quantitative estimate of drug-likeness (QED) is 0.287. The molecule has 0 radical (unpaired) electrons. The Kier molecular flexibility index (Phi) is 2.74. The molecule has 0 fully saturated rings. The first-order valence-electron chi connectivity index (χ1n) is 10.8. The summed E-state index contributed by atoms with van der Waals surface area (Å²) in [5, 5.41) is 2.36. The summed E-state index contributed by atoms with van der Waals surface area (Å²) < 4.78 is 2.16. The Hall–Kier alpha value is -3.98. The molecule has 8 rings (SSSR count). The van der Waals surface area contributed by atoms with Crippen LogP contribution in [-0.4, -0.2) is 14.4 Å². The largest absolute Gasteiger partial charge is 0.298 e. The molecule has 0 N–H and O–H groups in total. The normalized spacial score (nSPS) is 13.5. The van der Waals surface area contributed by atoms with Crippen molar-refractivity contribution in [2.24, 2.45) is 0 Å². The lowest BCUT2D eigenvalue weighted by Gasteiger charge is -2.10. The summed E-state index contributed by atoms with van der Waals surface area (Å²) in [7, 11) is 0. The van der Waals surface area contributed by atoms with E-state index >= 15 is 0 Å². The molecular formula is C28H17N3. The van der Waals surface area contributed by atoms with Gasteiger partial charge >= 0.3 is 0 Å². The molecule has 3 heterocycles. The summed E-state index contributed by atoms with van der Waals surface area (Å²) >= 11 is 0. The van der Waals surface area contributed by atoms with Gasteiger partial charge in [-0.1, -0.05) is 36.4 Å². The molecule has 144 valence electrons. The van der Waals surface area contributed by atoms with Gasteiger partial charge in [-0.2, -0.15) is 0 Å². The van der Waals surface area contributed by atoms with E-state index in [-0.39, 0.29) is 0 Å². The minimum atomic E-state index is 0.978. The van der Waals surface area contributed by atoms with E-state index in [1.165, 1.54) is 55.3 Å². The van der Waals surface area contributed by atoms with Gasteiger partial charge in [0.05, 0.1) is 11.0 Å². The molecule has 31 heavy (non-hydrogen) atoms. The Balaban J connectivity index is 1.47. The summed E-state index contributed by atoms with van der Waals surface area (Å²) in [6, 6.07) is 22.4. The molecule has 3 aromatic heterocycles. The highest BCUT2D eigenvalue weighted by Gasteiger charge is 2.29. The average molecular weight is 395 g/mol. The van der Waals surface area contributed by atoms with Gasteiger partial charge < -0.3 is 0 Å². The molecule has 0 amide bonds. The standard InChI is InChI=1S/C28H17N3/c1-2-5-19-16(4-1)12-17-7-8-20-21-15-24-23(14-18(21)13-22(20)26(17)19)27-25(6-3-9-29-27)31-11-10-30-28(24)31/h1-11,14-15H,12-13H2. The summed E-state index contributed by atoms with van der Waals surface area (Å²) in [5.74, 6) is 0. The second-order valence-corrected chi connectivity index (χ2v) is 8.68. The zero-order chi connectivity index (χ0) is 20.1. The first kappa shape index (κ1) is 15.8. The Morgan fingerprint density at radius 3 is 2.65 bits per heavy atom. The molecular weight excluding hydrogens is 378 g/mol. The van der Waals surface area contributed by atoms with Crippen LogP contribution in [0.5, 0.6) is 0 Å². The third-order valence-corrected chi connectivity index (χ3v) is 7.15. The highest BCUT2D eigenvalue weighted by atomic mass is 15.0. The molecule has 2 aliphatic carbocycles. The van der Waals surface area contributed by atoms with Gasteiger partial charge in [0.1, 0.15) is 5.65 Å². The molecule has 3 heteroatoms. The Morgan fingerprint density at radius 2 is 1.65 bits per heavy atom. The van der Waals surface area contributed by atoms with Crippen LogP contribution < -0.4 is 0 Å². The van der Waals surface area contributed by atoms with Crippen molar-refractivity contribution in [1.29, 1.82) is 0 Å². The number of benzene rings is 3. The number of pyridine rings is 2. The first-order chi connectivity index (χ1) is 15.4. The van der Waals surface area contributed by atoms with Gasteiger partial charge in [-0.25, -0.2) is 4.98 Å². The maximum atomic E-state index is 4.75. The van der Waals surface area contributed by atoms with Crippen molar-refractivity contribution < 1.29 is 0 Å². The molecule has 3 nitrogen and oxygen atoms in total. The maximum Gasteiger partial charge on any atom is 0.145 e. The van der Waals surface area contributed by atoms with Gasteiger partial charge in [-0.05, 0) is 81.6 Å². The Labute approximate surface area is 178 Å². The molecule has 0 atom stereocenters. The number of aromatic nitrogens is 3. The van der Waals surface area contributed by atoms with Crippen molar-refractivity contribution in [2.45, 2.75) is 12.8 Å². The number of nitrogens with zero attached hydrogens (tertiary/aromatic N) is 3. The maximum absolute atomic E-state index is 4.75. The topological polar surface area (TPSA) is 30.2 Å². The van der Waals surface area contributed by atoms with E-state index in [4.69, 9.17) is 9.97 Å². The van der Waals surface area contributed by atoms with Crippen molar-refractivity contribution in [3.63, 3.8) is 0 Å². The third-order valence-electron chi connectivity index (χ3n) is 7.15. The van der Waals surface area contributed by atoms with E-state index in [9.17, 15) is 0 Å². The summed E-state index contributed by atoms with van der Waals surface area (Å²) in [6.45, 7) is 0. The molecule has 6 aromatic rings. The van der Waals surface area contributed by atoms with E-state index in [2.05, 4.69) is 59.0 Å². The highest BCUT2D eigenvalue weighted by molar-refractivity contribution is 6.12. The van der Waals surface area contributed by atoms with Crippen LogP contribution >= 0.6 is 0 Å². The van der Waals surface area contributed by atoms with Crippen LogP contribution in [0.2, 0.25) is 0 Å². The monoisotopic (exact) mass is 395 g/mol. The van der Waals surface area contributed by atoms with Crippen LogP contribution in [0.3, 0.4) is 0 Å². The molecule has 2 aliphatic rings. The third kappa shape index (κ3) is 1.89. The smallest absolute Gasteiger partial charge is 0.145 e. The second kappa shape index (κ2) is 5.38. The van der Waals surface area contributed by atoms with E-state index in [0.717, 1.165) is 29.5 Å². The molecule has 0 unspecified atom stereocenters. The van der Waals surface area contributed by atoms with Crippen molar-refractivity contribution in [3.8, 4) is 22.3 Å². The van der Waals surface area contributed by atoms with E-state index < -0.39 is 0 Å². The SMILES string of the molecule is c1ccc2c(c1)Cc1ccc3c(c1-2)Cc1cc2c(cc1-3)c1nccn1c1cccnc21. The van der Waals surface area contributed by atoms with Gasteiger partial charge in [-0.15, -0.1) is 0 Å². The fourth-order valence-electron chi connectivity index (χ4n) is 5.85. The molecule has 0 saturated heterocycles. The van der Waals surface area contributed by atoms with Crippen LogP contribution in [0.25, 0.3) is 49.7 Å². The molecule has 0 aliphatic heterocycles. The molecule has 0 bridgehead atoms. The van der Waals surface area contributed by atoms with Crippen LogP contribution in [0.15, 0.2) is 79.3 Å². The van der Waals surface area contributed by atoms with Crippen molar-refractivity contribution >= 4 is 27.5 Å². The number of hydrogen-bond donors (Lipinski definition) is 0. The minimum Gasteiger partial charge on any atom is -0.298 e. The van der Waals surface area contributed by atoms with Crippen molar-refractivity contribution in [3.05, 3.63) is 102 Å². The minimum absolute atomic E-state index is 0.978. The Bertz CT molecular complexity index is 1740. The van der Waals surface area contributed by atoms with Gasteiger partial charge in [0.2, 0.25) is 0 Å². The number of imidazole rings is 1. The zero-order valence-corrected chi connectivity index (χ0v) is 16.8. The van der Waals surface area contributed by atoms with Crippen molar-refractivity contribution in [2.75, 3.05) is 0 Å². The highest BCUT2D eigenvalue weighted by Crippen LogP contribution is 2.48. The molecule has 3 aromatic carbocycles. The van der Waals surface area contributed by atoms with Crippen LogP contribution in [0.4, 0.5) is 0 Å². The Morgan fingerprint density at radius 1 is 0.677 bits per heavy atom. The van der Waals surface area contributed by atoms with E-state index in [1.54, 1.807) is 0 Å². The fourth-order valence-corrected chi connectivity index (χ4v) is 5.85.